The fourth-order valence-corrected chi connectivity index (χ4v) is 2.86. The van der Waals surface area contributed by atoms with Crippen LogP contribution >= 0.6 is 11.6 Å². The molecule has 0 fully saturated rings. The zero-order chi connectivity index (χ0) is 17.8. The number of nitrogens with zero attached hydrogens (tertiary/aromatic N) is 2. The van der Waals surface area contributed by atoms with E-state index in [0.29, 0.717) is 12.5 Å². The highest BCUT2D eigenvalue weighted by Gasteiger charge is 2.19. The van der Waals surface area contributed by atoms with Crippen molar-refractivity contribution in [1.29, 1.82) is 0 Å². The molecule has 24 heavy (non-hydrogen) atoms. The molecule has 1 aromatic carbocycles. The van der Waals surface area contributed by atoms with Gasteiger partial charge >= 0.3 is 0 Å². The Bertz CT molecular complexity index is 492. The SMILES string of the molecule is CCOCCCNC(N)=NCC(c1ccccc1Cl)N(CC)CC. The van der Waals surface area contributed by atoms with Crippen LogP contribution in [0.25, 0.3) is 0 Å². The zero-order valence-electron chi connectivity index (χ0n) is 15.1. The summed E-state index contributed by atoms with van der Waals surface area (Å²) in [7, 11) is 0. The highest BCUT2D eigenvalue weighted by atomic mass is 35.5. The molecule has 0 aliphatic rings. The van der Waals surface area contributed by atoms with E-state index in [-0.39, 0.29) is 6.04 Å². The van der Waals surface area contributed by atoms with E-state index in [2.05, 4.69) is 35.1 Å². The van der Waals surface area contributed by atoms with E-state index >= 15 is 0 Å². The van der Waals surface area contributed by atoms with Gasteiger partial charge in [0.05, 0.1) is 12.6 Å². The van der Waals surface area contributed by atoms with Crippen LogP contribution in [-0.4, -0.2) is 50.3 Å². The molecule has 0 saturated heterocycles. The van der Waals surface area contributed by atoms with Crippen LogP contribution < -0.4 is 11.1 Å². The van der Waals surface area contributed by atoms with Gasteiger partial charge in [-0.15, -0.1) is 0 Å². The molecule has 0 aromatic heterocycles. The third-order valence-electron chi connectivity index (χ3n) is 3.93. The van der Waals surface area contributed by atoms with Gasteiger partial charge in [-0.05, 0) is 38.1 Å². The second-order valence-corrected chi connectivity index (χ2v) is 5.87. The maximum absolute atomic E-state index is 6.39. The molecule has 0 amide bonds. The molecular weight excluding hydrogens is 324 g/mol. The summed E-state index contributed by atoms with van der Waals surface area (Å²) in [6, 6.07) is 8.07. The number of hydrogen-bond acceptors (Lipinski definition) is 3. The average Bonchev–Trinajstić information content (AvgIpc) is 2.59. The molecule has 0 saturated carbocycles. The third kappa shape index (κ3) is 7.07. The molecule has 1 atom stereocenters. The van der Waals surface area contributed by atoms with Crippen LogP contribution in [0.4, 0.5) is 0 Å². The van der Waals surface area contributed by atoms with Crippen molar-refractivity contribution in [2.24, 2.45) is 10.7 Å². The number of nitrogens with one attached hydrogen (secondary N) is 1. The van der Waals surface area contributed by atoms with Gasteiger partial charge in [0.1, 0.15) is 0 Å². The lowest BCUT2D eigenvalue weighted by Crippen LogP contribution is -2.35. The Morgan fingerprint density at radius 2 is 2.00 bits per heavy atom. The lowest BCUT2D eigenvalue weighted by Gasteiger charge is -2.29. The monoisotopic (exact) mass is 354 g/mol. The molecule has 0 aliphatic carbocycles. The predicted octanol–water partition coefficient (Wildman–Crippen LogP) is 3.05. The molecule has 3 N–H and O–H groups in total. The maximum atomic E-state index is 6.39. The minimum absolute atomic E-state index is 0.123. The summed E-state index contributed by atoms with van der Waals surface area (Å²) in [6.45, 7) is 11.0. The van der Waals surface area contributed by atoms with Crippen molar-refractivity contribution in [3.8, 4) is 0 Å². The Kier molecular flexibility index (Phi) is 10.5. The van der Waals surface area contributed by atoms with Gasteiger partial charge in [-0.2, -0.15) is 0 Å². The highest BCUT2D eigenvalue weighted by Crippen LogP contribution is 2.27. The summed E-state index contributed by atoms with van der Waals surface area (Å²) in [5.41, 5.74) is 7.08. The number of halogens is 1. The summed E-state index contributed by atoms with van der Waals surface area (Å²) in [6.07, 6.45) is 0.911. The van der Waals surface area contributed by atoms with Gasteiger partial charge in [0.15, 0.2) is 5.96 Å². The smallest absolute Gasteiger partial charge is 0.188 e. The van der Waals surface area contributed by atoms with Crippen LogP contribution in [0.1, 0.15) is 38.8 Å². The van der Waals surface area contributed by atoms with Crippen molar-refractivity contribution >= 4 is 17.6 Å². The maximum Gasteiger partial charge on any atom is 0.188 e. The third-order valence-corrected chi connectivity index (χ3v) is 4.27. The second-order valence-electron chi connectivity index (χ2n) is 5.46. The molecule has 1 aromatic rings. The molecule has 5 nitrogen and oxygen atoms in total. The second kappa shape index (κ2) is 12.1. The summed E-state index contributed by atoms with van der Waals surface area (Å²) >= 11 is 6.39. The number of ether oxygens (including phenoxy) is 1. The van der Waals surface area contributed by atoms with Crippen LogP contribution in [-0.2, 0) is 4.74 Å². The Morgan fingerprint density at radius 3 is 2.62 bits per heavy atom. The van der Waals surface area contributed by atoms with E-state index in [0.717, 1.165) is 49.9 Å². The van der Waals surface area contributed by atoms with Crippen molar-refractivity contribution in [3.05, 3.63) is 34.9 Å². The molecule has 0 aliphatic heterocycles. The normalized spacial score (nSPS) is 13.3. The minimum Gasteiger partial charge on any atom is -0.382 e. The molecule has 0 spiro atoms. The van der Waals surface area contributed by atoms with Crippen molar-refractivity contribution < 1.29 is 4.74 Å². The summed E-state index contributed by atoms with van der Waals surface area (Å²) in [5, 5.41) is 3.91. The van der Waals surface area contributed by atoms with E-state index in [4.69, 9.17) is 22.1 Å². The zero-order valence-corrected chi connectivity index (χ0v) is 15.9. The van der Waals surface area contributed by atoms with Crippen molar-refractivity contribution in [3.63, 3.8) is 0 Å². The fourth-order valence-electron chi connectivity index (χ4n) is 2.60. The number of aliphatic imine (C=N–C) groups is 1. The Balaban J connectivity index is 2.68. The van der Waals surface area contributed by atoms with Crippen molar-refractivity contribution in [2.45, 2.75) is 33.2 Å². The van der Waals surface area contributed by atoms with Crippen LogP contribution in [0.15, 0.2) is 29.3 Å². The van der Waals surface area contributed by atoms with Gasteiger partial charge in [-0.1, -0.05) is 43.6 Å². The van der Waals surface area contributed by atoms with E-state index < -0.39 is 0 Å². The quantitative estimate of drug-likeness (QED) is 0.364. The molecule has 0 radical (unpaired) electrons. The van der Waals surface area contributed by atoms with Gasteiger partial charge in [-0.3, -0.25) is 9.89 Å². The fraction of sp³-hybridized carbons (Fsp3) is 0.611. The summed E-state index contributed by atoms with van der Waals surface area (Å²) in [4.78, 5) is 6.86. The predicted molar refractivity (Wildman–Crippen MR) is 103 cm³/mol. The first-order valence-electron chi connectivity index (χ1n) is 8.73. The highest BCUT2D eigenvalue weighted by molar-refractivity contribution is 6.31. The molecule has 0 bridgehead atoms. The van der Waals surface area contributed by atoms with Gasteiger partial charge in [0, 0.05) is 24.8 Å². The average molecular weight is 355 g/mol. The lowest BCUT2D eigenvalue weighted by molar-refractivity contribution is 0.145. The number of benzene rings is 1. The van der Waals surface area contributed by atoms with Crippen LogP contribution in [0, 0.1) is 0 Å². The standard InChI is InChI=1S/C18H31ClN4O/c1-4-23(5-2)17(15-10-7-8-11-16(15)19)14-22-18(20)21-12-9-13-24-6-3/h7-8,10-11,17H,4-6,9,12-14H2,1-3H3,(H3,20,21,22). The Hall–Kier alpha value is -1.30. The van der Waals surface area contributed by atoms with Crippen molar-refractivity contribution in [1.82, 2.24) is 10.2 Å². The van der Waals surface area contributed by atoms with E-state index in [9.17, 15) is 0 Å². The lowest BCUT2D eigenvalue weighted by atomic mass is 10.1. The van der Waals surface area contributed by atoms with Crippen LogP contribution in [0.3, 0.4) is 0 Å². The van der Waals surface area contributed by atoms with E-state index in [1.54, 1.807) is 0 Å². The summed E-state index contributed by atoms with van der Waals surface area (Å²) in [5.74, 6) is 0.468. The molecule has 0 heterocycles. The number of hydrogen-bond donors (Lipinski definition) is 2. The molecule has 1 unspecified atom stereocenters. The van der Waals surface area contributed by atoms with Crippen LogP contribution in [0.5, 0.6) is 0 Å². The van der Waals surface area contributed by atoms with Gasteiger partial charge in [0.2, 0.25) is 0 Å². The minimum atomic E-state index is 0.123. The Morgan fingerprint density at radius 1 is 1.29 bits per heavy atom. The molecular formula is C18H31ClN4O. The topological polar surface area (TPSA) is 62.9 Å². The first-order chi connectivity index (χ1) is 11.6. The molecule has 136 valence electrons. The van der Waals surface area contributed by atoms with Crippen LogP contribution in [0.2, 0.25) is 5.02 Å². The molecule has 1 rings (SSSR count). The van der Waals surface area contributed by atoms with E-state index in [1.807, 2.05) is 25.1 Å². The number of nitrogens with two attached hydrogens (primary N) is 1. The number of guanidine groups is 1. The van der Waals surface area contributed by atoms with Gasteiger partial charge in [-0.25, -0.2) is 0 Å². The largest absolute Gasteiger partial charge is 0.382 e. The van der Waals surface area contributed by atoms with Crippen molar-refractivity contribution in [2.75, 3.05) is 39.4 Å². The number of likely N-dealkylation sites (N-methyl/N-ethyl adjacent to an activating group) is 1. The summed E-state index contributed by atoms with van der Waals surface area (Å²) < 4.78 is 5.30. The van der Waals surface area contributed by atoms with Gasteiger partial charge in [0.25, 0.3) is 0 Å². The molecule has 6 heteroatoms. The van der Waals surface area contributed by atoms with Gasteiger partial charge < -0.3 is 15.8 Å². The Labute approximate surface area is 151 Å². The number of rotatable bonds is 11. The first kappa shape index (κ1) is 20.7. The first-order valence-corrected chi connectivity index (χ1v) is 9.11. The van der Waals surface area contributed by atoms with E-state index in [1.165, 1.54) is 0 Å².